The number of rotatable bonds is 3. The third-order valence-corrected chi connectivity index (χ3v) is 2.95. The van der Waals surface area contributed by atoms with Crippen LogP contribution in [0.5, 0.6) is 0 Å². The van der Waals surface area contributed by atoms with Crippen molar-refractivity contribution in [3.8, 4) is 0 Å². The van der Waals surface area contributed by atoms with Crippen molar-refractivity contribution in [2.24, 2.45) is 0 Å². The maximum absolute atomic E-state index is 11.7. The predicted octanol–water partition coefficient (Wildman–Crippen LogP) is 2.30. The van der Waals surface area contributed by atoms with Gasteiger partial charge >= 0.3 is 11.8 Å². The van der Waals surface area contributed by atoms with Gasteiger partial charge in [-0.15, -0.1) is 0 Å². The van der Waals surface area contributed by atoms with Crippen LogP contribution in [0.1, 0.15) is 11.3 Å². The summed E-state index contributed by atoms with van der Waals surface area (Å²) in [4.78, 5) is 27.5. The van der Waals surface area contributed by atoms with E-state index in [4.69, 9.17) is 11.6 Å². The second kappa shape index (κ2) is 6.85. The number of hydrogen-bond acceptors (Lipinski definition) is 3. The third kappa shape index (κ3) is 4.57. The molecule has 0 unspecified atom stereocenters. The number of benzene rings is 1. The van der Waals surface area contributed by atoms with Crippen LogP contribution in [-0.4, -0.2) is 16.8 Å². The Morgan fingerprint density at radius 2 is 1.81 bits per heavy atom. The van der Waals surface area contributed by atoms with Crippen LogP contribution >= 0.6 is 11.6 Å². The Morgan fingerprint density at radius 1 is 1.10 bits per heavy atom. The standard InChI is InChI=1S/C15H14ClN3O2/c1-10-3-2-4-13(18-10)19-15(21)14(20)17-9-11-5-7-12(16)8-6-11/h2-8H,9H2,1H3,(H,17,20)(H,18,19,21). The summed E-state index contributed by atoms with van der Waals surface area (Å²) in [6.45, 7) is 2.06. The van der Waals surface area contributed by atoms with E-state index in [1.54, 1.807) is 49.4 Å². The highest BCUT2D eigenvalue weighted by Crippen LogP contribution is 2.09. The van der Waals surface area contributed by atoms with E-state index < -0.39 is 11.8 Å². The zero-order valence-corrected chi connectivity index (χ0v) is 12.1. The van der Waals surface area contributed by atoms with Crippen molar-refractivity contribution in [3.63, 3.8) is 0 Å². The molecule has 108 valence electrons. The number of nitrogens with one attached hydrogen (secondary N) is 2. The van der Waals surface area contributed by atoms with Crippen LogP contribution in [0, 0.1) is 6.92 Å². The third-order valence-electron chi connectivity index (χ3n) is 2.70. The molecule has 2 amide bonds. The number of halogens is 1. The fraction of sp³-hybridized carbons (Fsp3) is 0.133. The number of amides is 2. The fourth-order valence-electron chi connectivity index (χ4n) is 1.65. The van der Waals surface area contributed by atoms with Crippen molar-refractivity contribution >= 4 is 29.2 Å². The minimum Gasteiger partial charge on any atom is -0.344 e. The molecule has 2 aromatic rings. The lowest BCUT2D eigenvalue weighted by molar-refractivity contribution is -0.136. The van der Waals surface area contributed by atoms with E-state index in [0.29, 0.717) is 10.8 Å². The van der Waals surface area contributed by atoms with E-state index in [9.17, 15) is 9.59 Å². The van der Waals surface area contributed by atoms with Gasteiger partial charge in [0, 0.05) is 17.3 Å². The minimum atomic E-state index is -0.748. The van der Waals surface area contributed by atoms with E-state index in [2.05, 4.69) is 15.6 Å². The lowest BCUT2D eigenvalue weighted by Gasteiger charge is -2.06. The number of hydrogen-bond donors (Lipinski definition) is 2. The van der Waals surface area contributed by atoms with Crippen LogP contribution in [0.3, 0.4) is 0 Å². The highest BCUT2D eigenvalue weighted by molar-refractivity contribution is 6.39. The fourth-order valence-corrected chi connectivity index (χ4v) is 1.78. The van der Waals surface area contributed by atoms with Crippen LogP contribution in [0.4, 0.5) is 5.82 Å². The maximum Gasteiger partial charge on any atom is 0.314 e. The van der Waals surface area contributed by atoms with E-state index in [0.717, 1.165) is 11.3 Å². The summed E-state index contributed by atoms with van der Waals surface area (Å²) in [5.41, 5.74) is 1.61. The Hall–Kier alpha value is -2.40. The molecule has 5 nitrogen and oxygen atoms in total. The SMILES string of the molecule is Cc1cccc(NC(=O)C(=O)NCc2ccc(Cl)cc2)n1. The van der Waals surface area contributed by atoms with E-state index in [1.165, 1.54) is 0 Å². The lowest BCUT2D eigenvalue weighted by Crippen LogP contribution is -2.35. The van der Waals surface area contributed by atoms with Crippen LogP contribution in [0.25, 0.3) is 0 Å². The number of carbonyl (C=O) groups excluding carboxylic acids is 2. The number of anilines is 1. The van der Waals surface area contributed by atoms with Gasteiger partial charge in [-0.2, -0.15) is 0 Å². The van der Waals surface area contributed by atoms with Gasteiger partial charge in [0.15, 0.2) is 0 Å². The molecule has 0 saturated heterocycles. The van der Waals surface area contributed by atoms with Gasteiger partial charge < -0.3 is 10.6 Å². The number of nitrogens with zero attached hydrogens (tertiary/aromatic N) is 1. The van der Waals surface area contributed by atoms with Crippen molar-refractivity contribution in [2.45, 2.75) is 13.5 Å². The number of aryl methyl sites for hydroxylation is 1. The molecule has 0 spiro atoms. The van der Waals surface area contributed by atoms with Crippen molar-refractivity contribution in [3.05, 3.63) is 58.7 Å². The molecular weight excluding hydrogens is 290 g/mol. The molecule has 21 heavy (non-hydrogen) atoms. The average molecular weight is 304 g/mol. The summed E-state index contributed by atoms with van der Waals surface area (Å²) >= 11 is 5.77. The van der Waals surface area contributed by atoms with Gasteiger partial charge in [-0.25, -0.2) is 4.98 Å². The van der Waals surface area contributed by atoms with Gasteiger partial charge in [-0.3, -0.25) is 9.59 Å². The van der Waals surface area contributed by atoms with Crippen LogP contribution in [-0.2, 0) is 16.1 Å². The molecule has 0 atom stereocenters. The van der Waals surface area contributed by atoms with Crippen molar-refractivity contribution < 1.29 is 9.59 Å². The van der Waals surface area contributed by atoms with Crippen LogP contribution in [0.15, 0.2) is 42.5 Å². The van der Waals surface area contributed by atoms with Gasteiger partial charge in [0.1, 0.15) is 5.82 Å². The molecule has 6 heteroatoms. The molecule has 0 saturated carbocycles. The smallest absolute Gasteiger partial charge is 0.314 e. The monoisotopic (exact) mass is 303 g/mol. The van der Waals surface area contributed by atoms with Crippen LogP contribution < -0.4 is 10.6 Å². The van der Waals surface area contributed by atoms with E-state index in [-0.39, 0.29) is 6.54 Å². The molecule has 1 aromatic carbocycles. The van der Waals surface area contributed by atoms with Crippen molar-refractivity contribution in [1.29, 1.82) is 0 Å². The highest BCUT2D eigenvalue weighted by Gasteiger charge is 2.13. The molecule has 2 N–H and O–H groups in total. The van der Waals surface area contributed by atoms with Gasteiger partial charge in [-0.1, -0.05) is 29.8 Å². The van der Waals surface area contributed by atoms with Gasteiger partial charge in [0.2, 0.25) is 0 Å². The maximum atomic E-state index is 11.7. The first kappa shape index (κ1) is 15.0. The molecule has 0 fully saturated rings. The average Bonchev–Trinajstić information content (AvgIpc) is 2.46. The lowest BCUT2D eigenvalue weighted by atomic mass is 10.2. The van der Waals surface area contributed by atoms with Gasteiger partial charge in [0.25, 0.3) is 0 Å². The predicted molar refractivity (Wildman–Crippen MR) is 80.9 cm³/mol. The number of carbonyl (C=O) groups is 2. The topological polar surface area (TPSA) is 71.1 Å². The molecule has 1 heterocycles. The van der Waals surface area contributed by atoms with Crippen molar-refractivity contribution in [2.75, 3.05) is 5.32 Å². The summed E-state index contributed by atoms with van der Waals surface area (Å²) in [6, 6.07) is 12.2. The summed E-state index contributed by atoms with van der Waals surface area (Å²) in [7, 11) is 0. The highest BCUT2D eigenvalue weighted by atomic mass is 35.5. The second-order valence-corrected chi connectivity index (χ2v) is 4.86. The summed E-state index contributed by atoms with van der Waals surface area (Å²) < 4.78 is 0. The molecule has 2 rings (SSSR count). The van der Waals surface area contributed by atoms with Gasteiger partial charge in [-0.05, 0) is 36.8 Å². The molecule has 0 radical (unpaired) electrons. The summed E-state index contributed by atoms with van der Waals surface area (Å²) in [5.74, 6) is -1.11. The van der Waals surface area contributed by atoms with E-state index in [1.807, 2.05) is 0 Å². The molecule has 1 aromatic heterocycles. The first-order valence-electron chi connectivity index (χ1n) is 6.32. The summed E-state index contributed by atoms with van der Waals surface area (Å²) in [6.07, 6.45) is 0. The molecule has 0 bridgehead atoms. The molecule has 0 aliphatic heterocycles. The number of aromatic nitrogens is 1. The first-order chi connectivity index (χ1) is 10.0. The molecule has 0 aliphatic carbocycles. The minimum absolute atomic E-state index is 0.255. The first-order valence-corrected chi connectivity index (χ1v) is 6.69. The Kier molecular flexibility index (Phi) is 4.90. The number of pyridine rings is 1. The molecular formula is C15H14ClN3O2. The van der Waals surface area contributed by atoms with Crippen molar-refractivity contribution in [1.82, 2.24) is 10.3 Å². The summed E-state index contributed by atoms with van der Waals surface area (Å²) in [5, 5.41) is 5.59. The normalized spacial score (nSPS) is 10.0. The second-order valence-electron chi connectivity index (χ2n) is 4.43. The quantitative estimate of drug-likeness (QED) is 0.855. The van der Waals surface area contributed by atoms with Crippen LogP contribution in [0.2, 0.25) is 5.02 Å². The van der Waals surface area contributed by atoms with Gasteiger partial charge in [0.05, 0.1) is 0 Å². The Bertz CT molecular complexity index is 656. The molecule has 0 aliphatic rings. The Labute approximate surface area is 127 Å². The largest absolute Gasteiger partial charge is 0.344 e. The Morgan fingerprint density at radius 3 is 2.48 bits per heavy atom. The Balaban J connectivity index is 1.88. The zero-order valence-electron chi connectivity index (χ0n) is 11.4. The van der Waals surface area contributed by atoms with E-state index >= 15 is 0 Å². The zero-order chi connectivity index (χ0) is 15.2.